The van der Waals surface area contributed by atoms with Crippen LogP contribution in [-0.4, -0.2) is 22.9 Å². The quantitative estimate of drug-likeness (QED) is 0.557. The van der Waals surface area contributed by atoms with Crippen LogP contribution in [0.5, 0.6) is 5.75 Å². The van der Waals surface area contributed by atoms with E-state index in [1.54, 1.807) is 6.08 Å². The number of amides is 3. The normalized spacial score (nSPS) is 15.6. The first-order chi connectivity index (χ1) is 12.8. The van der Waals surface area contributed by atoms with Crippen LogP contribution in [0.15, 0.2) is 52.6 Å². The number of urea groups is 1. The van der Waals surface area contributed by atoms with Crippen LogP contribution >= 0.6 is 15.9 Å². The number of halogens is 1. The zero-order valence-corrected chi connectivity index (χ0v) is 17.0. The van der Waals surface area contributed by atoms with Gasteiger partial charge in [0.1, 0.15) is 11.4 Å². The van der Waals surface area contributed by atoms with Crippen LogP contribution in [0.2, 0.25) is 0 Å². The van der Waals surface area contributed by atoms with Crippen LogP contribution in [0.25, 0.3) is 6.08 Å². The van der Waals surface area contributed by atoms with E-state index in [0.29, 0.717) is 0 Å². The lowest BCUT2D eigenvalue weighted by molar-refractivity contribution is -0.123. The molecule has 5 nitrogen and oxygen atoms in total. The summed E-state index contributed by atoms with van der Waals surface area (Å²) in [5.41, 5.74) is 3.09. The molecule has 0 radical (unpaired) electrons. The average Bonchev–Trinajstić information content (AvgIpc) is 2.86. The van der Waals surface area contributed by atoms with Crippen molar-refractivity contribution in [3.63, 3.8) is 0 Å². The minimum Gasteiger partial charge on any atom is -0.490 e. The molecule has 0 atom stereocenters. The van der Waals surface area contributed by atoms with Crippen LogP contribution in [-0.2, 0) is 11.3 Å². The van der Waals surface area contributed by atoms with Crippen molar-refractivity contribution >= 4 is 33.9 Å². The van der Waals surface area contributed by atoms with E-state index in [4.69, 9.17) is 4.74 Å². The molecule has 1 fully saturated rings. The SMILES string of the molecule is Cc1ccc(CN2C(=O)N/C(=C/c3ccc(OC(C)C)c(Br)c3)C2=O)cc1. The van der Waals surface area contributed by atoms with Gasteiger partial charge in [-0.2, -0.15) is 0 Å². The molecule has 3 amide bonds. The molecule has 0 bridgehead atoms. The predicted molar refractivity (Wildman–Crippen MR) is 108 cm³/mol. The molecule has 0 aliphatic carbocycles. The molecule has 0 unspecified atom stereocenters. The average molecular weight is 429 g/mol. The maximum absolute atomic E-state index is 12.6. The molecule has 1 aliphatic heterocycles. The van der Waals surface area contributed by atoms with Gasteiger partial charge in [0, 0.05) is 0 Å². The Hall–Kier alpha value is -2.60. The van der Waals surface area contributed by atoms with E-state index in [1.807, 2.05) is 63.2 Å². The van der Waals surface area contributed by atoms with Gasteiger partial charge in [0.15, 0.2) is 0 Å². The van der Waals surface area contributed by atoms with Crippen molar-refractivity contribution in [1.82, 2.24) is 10.2 Å². The van der Waals surface area contributed by atoms with E-state index in [1.165, 1.54) is 4.90 Å². The molecular formula is C21H21BrN2O3. The topological polar surface area (TPSA) is 58.6 Å². The number of hydrogen-bond acceptors (Lipinski definition) is 3. The summed E-state index contributed by atoms with van der Waals surface area (Å²) in [6.45, 7) is 6.15. The highest BCUT2D eigenvalue weighted by Crippen LogP contribution is 2.28. The number of nitrogens with one attached hydrogen (secondary N) is 1. The van der Waals surface area contributed by atoms with Crippen LogP contribution < -0.4 is 10.1 Å². The van der Waals surface area contributed by atoms with Crippen molar-refractivity contribution in [2.24, 2.45) is 0 Å². The fourth-order valence-electron chi connectivity index (χ4n) is 2.71. The molecule has 0 spiro atoms. The summed E-state index contributed by atoms with van der Waals surface area (Å²) in [5, 5.41) is 2.65. The molecule has 1 saturated heterocycles. The maximum atomic E-state index is 12.6. The third kappa shape index (κ3) is 4.57. The lowest BCUT2D eigenvalue weighted by Gasteiger charge is -2.12. The third-order valence-corrected chi connectivity index (χ3v) is 4.67. The van der Waals surface area contributed by atoms with E-state index in [-0.39, 0.29) is 24.3 Å². The van der Waals surface area contributed by atoms with Crippen molar-refractivity contribution < 1.29 is 14.3 Å². The first-order valence-corrected chi connectivity index (χ1v) is 9.49. The Morgan fingerprint density at radius 1 is 1.15 bits per heavy atom. The molecule has 27 heavy (non-hydrogen) atoms. The van der Waals surface area contributed by atoms with Gasteiger partial charge in [-0.1, -0.05) is 35.9 Å². The Labute approximate surface area is 167 Å². The predicted octanol–water partition coefficient (Wildman–Crippen LogP) is 4.64. The number of imide groups is 1. The van der Waals surface area contributed by atoms with E-state index in [2.05, 4.69) is 21.2 Å². The molecule has 1 aliphatic rings. The Morgan fingerprint density at radius 3 is 2.48 bits per heavy atom. The largest absolute Gasteiger partial charge is 0.490 e. The number of hydrogen-bond donors (Lipinski definition) is 1. The second-order valence-electron chi connectivity index (χ2n) is 6.72. The van der Waals surface area contributed by atoms with Crippen molar-refractivity contribution in [1.29, 1.82) is 0 Å². The Kier molecular flexibility index (Phi) is 5.65. The maximum Gasteiger partial charge on any atom is 0.329 e. The van der Waals surface area contributed by atoms with Crippen LogP contribution in [0, 0.1) is 6.92 Å². The first-order valence-electron chi connectivity index (χ1n) is 8.70. The lowest BCUT2D eigenvalue weighted by Crippen LogP contribution is -2.30. The van der Waals surface area contributed by atoms with E-state index < -0.39 is 6.03 Å². The number of rotatable bonds is 5. The molecule has 140 valence electrons. The second kappa shape index (κ2) is 7.96. The van der Waals surface area contributed by atoms with Gasteiger partial charge in [-0.15, -0.1) is 0 Å². The summed E-state index contributed by atoms with van der Waals surface area (Å²) in [7, 11) is 0. The number of carbonyl (C=O) groups is 2. The van der Waals surface area contributed by atoms with Crippen LogP contribution in [0.3, 0.4) is 0 Å². The molecule has 6 heteroatoms. The van der Waals surface area contributed by atoms with Crippen LogP contribution in [0.1, 0.15) is 30.5 Å². The Bertz CT molecular complexity index is 904. The first kappa shape index (κ1) is 19.2. The molecule has 3 rings (SSSR count). The summed E-state index contributed by atoms with van der Waals surface area (Å²) in [6, 6.07) is 12.9. The number of carbonyl (C=O) groups excluding carboxylic acids is 2. The monoisotopic (exact) mass is 428 g/mol. The van der Waals surface area contributed by atoms with Gasteiger partial charge < -0.3 is 10.1 Å². The Morgan fingerprint density at radius 2 is 1.85 bits per heavy atom. The van der Waals surface area contributed by atoms with Gasteiger partial charge in [-0.25, -0.2) is 4.79 Å². The summed E-state index contributed by atoms with van der Waals surface area (Å²) in [6.07, 6.45) is 1.73. The van der Waals surface area contributed by atoms with E-state index >= 15 is 0 Å². The van der Waals surface area contributed by atoms with Gasteiger partial charge in [0.25, 0.3) is 5.91 Å². The van der Waals surface area contributed by atoms with Gasteiger partial charge in [0.05, 0.1) is 17.1 Å². The Balaban J connectivity index is 1.77. The minimum absolute atomic E-state index is 0.0662. The molecule has 2 aromatic rings. The van der Waals surface area contributed by atoms with Gasteiger partial charge in [-0.3, -0.25) is 9.69 Å². The number of ether oxygens (including phenoxy) is 1. The fraction of sp³-hybridized carbons (Fsp3) is 0.238. The smallest absolute Gasteiger partial charge is 0.329 e. The second-order valence-corrected chi connectivity index (χ2v) is 7.58. The highest BCUT2D eigenvalue weighted by atomic mass is 79.9. The number of nitrogens with zero attached hydrogens (tertiary/aromatic N) is 1. The lowest BCUT2D eigenvalue weighted by atomic mass is 10.1. The molecule has 0 aromatic heterocycles. The standard InChI is InChI=1S/C21H21BrN2O3/c1-13(2)27-19-9-8-16(10-17(19)22)11-18-20(25)24(21(26)23-18)12-15-6-4-14(3)5-7-15/h4-11,13H,12H2,1-3H3,(H,23,26)/b18-11+. The highest BCUT2D eigenvalue weighted by Gasteiger charge is 2.33. The molecule has 2 aromatic carbocycles. The van der Waals surface area contributed by atoms with Gasteiger partial charge >= 0.3 is 6.03 Å². The van der Waals surface area contributed by atoms with E-state index in [0.717, 1.165) is 26.9 Å². The van der Waals surface area contributed by atoms with Crippen molar-refractivity contribution in [3.8, 4) is 5.75 Å². The van der Waals surface area contributed by atoms with Crippen molar-refractivity contribution in [2.75, 3.05) is 0 Å². The van der Waals surface area contributed by atoms with Gasteiger partial charge in [-0.05, 0) is 66.0 Å². The third-order valence-electron chi connectivity index (χ3n) is 4.05. The van der Waals surface area contributed by atoms with Crippen LogP contribution in [0.4, 0.5) is 4.79 Å². The molecule has 1 heterocycles. The summed E-state index contributed by atoms with van der Waals surface area (Å²) in [5.74, 6) is 0.397. The molecular weight excluding hydrogens is 408 g/mol. The minimum atomic E-state index is -0.411. The highest BCUT2D eigenvalue weighted by molar-refractivity contribution is 9.10. The zero-order chi connectivity index (χ0) is 19.6. The number of aryl methyl sites for hydroxylation is 1. The molecule has 1 N–H and O–H groups in total. The molecule has 0 saturated carbocycles. The fourth-order valence-corrected chi connectivity index (χ4v) is 3.20. The van der Waals surface area contributed by atoms with Crippen molar-refractivity contribution in [2.45, 2.75) is 33.4 Å². The summed E-state index contributed by atoms with van der Waals surface area (Å²) in [4.78, 5) is 26.1. The summed E-state index contributed by atoms with van der Waals surface area (Å²) < 4.78 is 6.48. The number of benzene rings is 2. The summed E-state index contributed by atoms with van der Waals surface area (Å²) >= 11 is 3.48. The van der Waals surface area contributed by atoms with Gasteiger partial charge in [0.2, 0.25) is 0 Å². The zero-order valence-electron chi connectivity index (χ0n) is 15.5. The van der Waals surface area contributed by atoms with E-state index in [9.17, 15) is 9.59 Å². The van der Waals surface area contributed by atoms with Crippen molar-refractivity contribution in [3.05, 3.63) is 69.3 Å².